The van der Waals surface area contributed by atoms with Crippen LogP contribution in [-0.4, -0.2) is 20.4 Å². The lowest BCUT2D eigenvalue weighted by Gasteiger charge is -2.26. The van der Waals surface area contributed by atoms with E-state index in [1.54, 1.807) is 29.6 Å². The van der Waals surface area contributed by atoms with Crippen molar-refractivity contribution >= 4 is 32.8 Å². The fourth-order valence-corrected chi connectivity index (χ4v) is 7.46. The Labute approximate surface area is 192 Å². The number of carbonyl (C=O) groups excluding carboxylic acids is 1. The van der Waals surface area contributed by atoms with Gasteiger partial charge in [0.25, 0.3) is 0 Å². The summed E-state index contributed by atoms with van der Waals surface area (Å²) in [6.45, 7) is 1.92. The normalized spacial score (nSPS) is 18.9. The molecule has 0 bridgehead atoms. The zero-order valence-corrected chi connectivity index (χ0v) is 19.5. The van der Waals surface area contributed by atoms with Gasteiger partial charge in [-0.3, -0.25) is 4.79 Å². The second-order valence-electron chi connectivity index (χ2n) is 8.52. The Balaban J connectivity index is 1.55. The molecule has 0 saturated heterocycles. The molecule has 1 atom stereocenters. The molecule has 32 heavy (non-hydrogen) atoms. The number of aryl methyl sites for hydroxylation is 1. The van der Waals surface area contributed by atoms with E-state index in [9.17, 15) is 13.2 Å². The summed E-state index contributed by atoms with van der Waals surface area (Å²) in [6.07, 6.45) is 4.91. The van der Waals surface area contributed by atoms with E-state index in [-0.39, 0.29) is 34.1 Å². The van der Waals surface area contributed by atoms with E-state index >= 15 is 0 Å². The summed E-state index contributed by atoms with van der Waals surface area (Å²) >= 11 is 1.38. The first kappa shape index (κ1) is 21.2. The van der Waals surface area contributed by atoms with E-state index in [4.69, 9.17) is 4.74 Å². The molecule has 7 heteroatoms. The Morgan fingerprint density at radius 1 is 1.03 bits per heavy atom. The summed E-state index contributed by atoms with van der Waals surface area (Å²) in [5, 5.41) is 4.49. The van der Waals surface area contributed by atoms with Gasteiger partial charge in [-0.25, -0.2) is 8.42 Å². The fraction of sp³-hybridized carbons (Fsp3) is 0.320. The van der Waals surface area contributed by atoms with Crippen LogP contribution in [0.3, 0.4) is 0 Å². The van der Waals surface area contributed by atoms with Crippen LogP contribution in [0.5, 0.6) is 5.75 Å². The van der Waals surface area contributed by atoms with Gasteiger partial charge in [0.2, 0.25) is 15.7 Å². The average molecular weight is 468 g/mol. The van der Waals surface area contributed by atoms with Crippen molar-refractivity contribution in [2.75, 3.05) is 5.32 Å². The summed E-state index contributed by atoms with van der Waals surface area (Å²) in [4.78, 5) is 13.9. The summed E-state index contributed by atoms with van der Waals surface area (Å²) < 4.78 is 33.0. The molecule has 0 radical (unpaired) electrons. The van der Waals surface area contributed by atoms with Gasteiger partial charge in [0, 0.05) is 28.2 Å². The third-order valence-corrected chi connectivity index (χ3v) is 9.31. The number of carbonyl (C=O) groups is 1. The molecule has 0 unspecified atom stereocenters. The molecule has 1 aromatic heterocycles. The van der Waals surface area contributed by atoms with E-state index in [1.807, 2.05) is 31.2 Å². The Kier molecular flexibility index (Phi) is 5.55. The van der Waals surface area contributed by atoms with Crippen LogP contribution in [0, 0.1) is 6.92 Å². The highest BCUT2D eigenvalue weighted by Gasteiger charge is 2.35. The minimum Gasteiger partial charge on any atom is -0.490 e. The molecule has 166 valence electrons. The summed E-state index contributed by atoms with van der Waals surface area (Å²) in [7, 11) is -3.75. The third-order valence-electron chi connectivity index (χ3n) is 6.27. The number of para-hydroxylation sites is 1. The maximum absolute atomic E-state index is 13.4. The number of sulfone groups is 1. The molecule has 0 spiro atoms. The number of nitrogens with one attached hydrogen (secondary N) is 1. The number of hydrogen-bond donors (Lipinski definition) is 1. The van der Waals surface area contributed by atoms with Gasteiger partial charge >= 0.3 is 0 Å². The highest BCUT2D eigenvalue weighted by atomic mass is 32.2. The van der Waals surface area contributed by atoms with Crippen molar-refractivity contribution in [1.82, 2.24) is 0 Å². The summed E-state index contributed by atoms with van der Waals surface area (Å²) in [5.74, 6) is 0.377. The van der Waals surface area contributed by atoms with Gasteiger partial charge in [0.1, 0.15) is 10.6 Å². The molecule has 2 aliphatic rings. The predicted octanol–water partition coefficient (Wildman–Crippen LogP) is 5.68. The van der Waals surface area contributed by atoms with E-state index < -0.39 is 9.84 Å². The van der Waals surface area contributed by atoms with Gasteiger partial charge in [-0.15, -0.1) is 11.3 Å². The monoisotopic (exact) mass is 467 g/mol. The van der Waals surface area contributed by atoms with Crippen molar-refractivity contribution < 1.29 is 17.9 Å². The SMILES string of the molecule is Cc1ccc(S(=O)(=O)c2csc3c2NC(=O)C[C@H]3c2ccccc2OC2CCCC2)cc1. The molecule has 1 N–H and O–H groups in total. The number of anilines is 1. The van der Waals surface area contributed by atoms with E-state index in [2.05, 4.69) is 5.32 Å². The Bertz CT molecular complexity index is 1260. The third kappa shape index (κ3) is 3.84. The molecule has 5 rings (SSSR count). The topological polar surface area (TPSA) is 72.5 Å². The average Bonchev–Trinajstić information content (AvgIpc) is 3.44. The minimum atomic E-state index is -3.75. The van der Waals surface area contributed by atoms with Crippen LogP contribution in [0.1, 0.15) is 54.0 Å². The molecule has 3 aromatic rings. The van der Waals surface area contributed by atoms with E-state index in [1.165, 1.54) is 24.2 Å². The van der Waals surface area contributed by atoms with Crippen LogP contribution in [0.2, 0.25) is 0 Å². The van der Waals surface area contributed by atoms with Crippen molar-refractivity contribution in [3.05, 3.63) is 69.9 Å². The standard InChI is InChI=1S/C25H25NO4S2/c1-16-10-12-18(13-11-16)32(28,29)22-15-31-25-20(14-23(27)26-24(22)25)19-8-4-5-9-21(19)30-17-6-2-3-7-17/h4-5,8-13,15,17,20H,2-3,6-7,14H2,1H3,(H,26,27)/t20-/m0/s1. The second-order valence-corrected chi connectivity index (χ2v) is 11.4. The van der Waals surface area contributed by atoms with Gasteiger partial charge in [0.05, 0.1) is 16.7 Å². The zero-order valence-electron chi connectivity index (χ0n) is 17.8. The fourth-order valence-electron chi connectivity index (χ4n) is 4.56. The lowest BCUT2D eigenvalue weighted by Crippen LogP contribution is -2.24. The van der Waals surface area contributed by atoms with Gasteiger partial charge in [0.15, 0.2) is 0 Å². The largest absolute Gasteiger partial charge is 0.490 e. The van der Waals surface area contributed by atoms with Crippen molar-refractivity contribution in [3.8, 4) is 5.75 Å². The molecular formula is C25H25NO4S2. The molecule has 1 fully saturated rings. The second kappa shape index (κ2) is 8.37. The zero-order chi connectivity index (χ0) is 22.3. The Hall–Kier alpha value is -2.64. The van der Waals surface area contributed by atoms with Crippen molar-refractivity contribution in [3.63, 3.8) is 0 Å². The molecule has 1 aliphatic heterocycles. The van der Waals surface area contributed by atoms with Crippen LogP contribution in [0.25, 0.3) is 0 Å². The van der Waals surface area contributed by atoms with Gasteiger partial charge in [-0.2, -0.15) is 0 Å². The van der Waals surface area contributed by atoms with E-state index in [0.717, 1.165) is 34.6 Å². The van der Waals surface area contributed by atoms with Crippen LogP contribution >= 0.6 is 11.3 Å². The maximum Gasteiger partial charge on any atom is 0.225 e. The smallest absolute Gasteiger partial charge is 0.225 e. The van der Waals surface area contributed by atoms with Crippen molar-refractivity contribution in [2.45, 2.75) is 60.8 Å². The van der Waals surface area contributed by atoms with Crippen LogP contribution in [0.4, 0.5) is 5.69 Å². The van der Waals surface area contributed by atoms with Crippen LogP contribution < -0.4 is 10.1 Å². The van der Waals surface area contributed by atoms with Crippen molar-refractivity contribution in [2.24, 2.45) is 0 Å². The van der Waals surface area contributed by atoms with Crippen molar-refractivity contribution in [1.29, 1.82) is 0 Å². The highest BCUT2D eigenvalue weighted by Crippen LogP contribution is 2.48. The number of amides is 1. The number of fused-ring (bicyclic) bond motifs is 1. The number of thiophene rings is 1. The maximum atomic E-state index is 13.4. The van der Waals surface area contributed by atoms with E-state index in [0.29, 0.717) is 5.69 Å². The van der Waals surface area contributed by atoms with Gasteiger partial charge < -0.3 is 10.1 Å². The number of ether oxygens (including phenoxy) is 1. The predicted molar refractivity (Wildman–Crippen MR) is 125 cm³/mol. The first-order chi connectivity index (χ1) is 15.4. The van der Waals surface area contributed by atoms with Crippen LogP contribution in [-0.2, 0) is 14.6 Å². The Morgan fingerprint density at radius 3 is 2.50 bits per heavy atom. The summed E-state index contributed by atoms with van der Waals surface area (Å²) in [6, 6.07) is 14.6. The first-order valence-electron chi connectivity index (χ1n) is 10.9. The first-order valence-corrected chi connectivity index (χ1v) is 13.3. The summed E-state index contributed by atoms with van der Waals surface area (Å²) in [5.41, 5.74) is 2.34. The quantitative estimate of drug-likeness (QED) is 0.524. The minimum absolute atomic E-state index is 0.161. The molecule has 1 aliphatic carbocycles. The van der Waals surface area contributed by atoms with Gasteiger partial charge in [-0.05, 0) is 50.8 Å². The number of benzene rings is 2. The molecular weight excluding hydrogens is 442 g/mol. The molecule has 1 saturated carbocycles. The molecule has 1 amide bonds. The molecule has 2 aromatic carbocycles. The number of rotatable bonds is 5. The highest BCUT2D eigenvalue weighted by molar-refractivity contribution is 7.91. The Morgan fingerprint density at radius 2 is 1.75 bits per heavy atom. The van der Waals surface area contributed by atoms with Gasteiger partial charge in [-0.1, -0.05) is 35.9 Å². The molecule has 5 nitrogen and oxygen atoms in total. The van der Waals surface area contributed by atoms with Crippen LogP contribution in [0.15, 0.2) is 63.7 Å². The lowest BCUT2D eigenvalue weighted by atomic mass is 9.90. The molecule has 2 heterocycles. The number of hydrogen-bond acceptors (Lipinski definition) is 5. The lowest BCUT2D eigenvalue weighted by molar-refractivity contribution is -0.116.